The highest BCUT2D eigenvalue weighted by Gasteiger charge is 2.33. The number of nitrogen functional groups attached to an aromatic ring is 1. The first-order chi connectivity index (χ1) is 8.58. The highest BCUT2D eigenvalue weighted by molar-refractivity contribution is 9.10. The van der Waals surface area contributed by atoms with Gasteiger partial charge in [-0.3, -0.25) is 4.57 Å². The number of nitrogens with zero attached hydrogens (tertiary/aromatic N) is 3. The van der Waals surface area contributed by atoms with E-state index >= 15 is 0 Å². The van der Waals surface area contributed by atoms with Gasteiger partial charge in [0.25, 0.3) is 0 Å². The van der Waals surface area contributed by atoms with Crippen LogP contribution in [0.1, 0.15) is 32.7 Å². The van der Waals surface area contributed by atoms with Crippen LogP contribution < -0.4 is 5.73 Å². The zero-order valence-electron chi connectivity index (χ0n) is 10.6. The maximum atomic E-state index is 6.09. The molecule has 2 aromatic rings. The third kappa shape index (κ3) is 1.72. The van der Waals surface area contributed by atoms with Gasteiger partial charge in [-0.15, -0.1) is 0 Å². The first-order valence-electron chi connectivity index (χ1n) is 6.37. The van der Waals surface area contributed by atoms with E-state index < -0.39 is 0 Å². The number of aromatic nitrogens is 3. The molecule has 1 saturated carbocycles. The fraction of sp³-hybridized carbons (Fsp3) is 0.538. The Bertz CT molecular complexity index is 592. The van der Waals surface area contributed by atoms with Crippen LogP contribution in [0.5, 0.6) is 0 Å². The molecule has 2 heterocycles. The maximum Gasteiger partial charge on any atom is 0.202 e. The molecule has 0 aromatic carbocycles. The molecule has 1 aliphatic carbocycles. The number of hydrogen-bond acceptors (Lipinski definition) is 3. The Morgan fingerprint density at radius 1 is 1.39 bits per heavy atom. The maximum absolute atomic E-state index is 6.09. The van der Waals surface area contributed by atoms with Crippen molar-refractivity contribution in [1.82, 2.24) is 14.5 Å². The molecular formula is C13H17BrN4. The highest BCUT2D eigenvalue weighted by atomic mass is 79.9. The molecule has 0 aliphatic heterocycles. The predicted octanol–water partition coefficient (Wildman–Crippen LogP) is 3.38. The van der Waals surface area contributed by atoms with Gasteiger partial charge >= 0.3 is 0 Å². The minimum absolute atomic E-state index is 0.429. The summed E-state index contributed by atoms with van der Waals surface area (Å²) in [5, 5.41) is 0. The molecule has 3 rings (SSSR count). The summed E-state index contributed by atoms with van der Waals surface area (Å²) >= 11 is 3.42. The van der Waals surface area contributed by atoms with E-state index in [-0.39, 0.29) is 0 Å². The van der Waals surface area contributed by atoms with Crippen molar-refractivity contribution >= 4 is 33.0 Å². The SMILES string of the molecule is CC1CCC(n2c(N)nc3cc(Br)cnc32)C1C. The van der Waals surface area contributed by atoms with E-state index in [2.05, 4.69) is 44.3 Å². The highest BCUT2D eigenvalue weighted by Crippen LogP contribution is 2.42. The first kappa shape index (κ1) is 12.0. The minimum Gasteiger partial charge on any atom is -0.369 e. The van der Waals surface area contributed by atoms with Crippen LogP contribution in [0.15, 0.2) is 16.7 Å². The van der Waals surface area contributed by atoms with Gasteiger partial charge in [-0.2, -0.15) is 0 Å². The van der Waals surface area contributed by atoms with Crippen molar-refractivity contribution in [3.05, 3.63) is 16.7 Å². The number of rotatable bonds is 1. The van der Waals surface area contributed by atoms with E-state index in [4.69, 9.17) is 5.73 Å². The van der Waals surface area contributed by atoms with E-state index in [1.165, 1.54) is 6.42 Å². The lowest BCUT2D eigenvalue weighted by Crippen LogP contribution is -2.16. The Balaban J connectivity index is 2.14. The van der Waals surface area contributed by atoms with Crippen LogP contribution in [-0.2, 0) is 0 Å². The van der Waals surface area contributed by atoms with Crippen LogP contribution >= 0.6 is 15.9 Å². The predicted molar refractivity (Wildman–Crippen MR) is 76.2 cm³/mol. The lowest BCUT2D eigenvalue weighted by molar-refractivity contribution is 0.360. The minimum atomic E-state index is 0.429. The molecule has 0 radical (unpaired) electrons. The molecular weight excluding hydrogens is 292 g/mol. The lowest BCUT2D eigenvalue weighted by Gasteiger charge is -2.21. The Morgan fingerprint density at radius 2 is 2.17 bits per heavy atom. The molecule has 0 bridgehead atoms. The van der Waals surface area contributed by atoms with Crippen molar-refractivity contribution in [2.24, 2.45) is 11.8 Å². The molecule has 0 saturated heterocycles. The molecule has 1 fully saturated rings. The summed E-state index contributed by atoms with van der Waals surface area (Å²) < 4.78 is 3.06. The second kappa shape index (κ2) is 4.23. The molecule has 0 spiro atoms. The van der Waals surface area contributed by atoms with Gasteiger partial charge in [0.05, 0.1) is 0 Å². The summed E-state index contributed by atoms with van der Waals surface area (Å²) in [6.07, 6.45) is 4.22. The molecule has 1 aliphatic rings. The number of anilines is 1. The summed E-state index contributed by atoms with van der Waals surface area (Å²) in [5.41, 5.74) is 7.86. The van der Waals surface area contributed by atoms with Gasteiger partial charge in [-0.25, -0.2) is 9.97 Å². The van der Waals surface area contributed by atoms with Crippen molar-refractivity contribution in [1.29, 1.82) is 0 Å². The third-order valence-corrected chi connectivity index (χ3v) is 4.71. The van der Waals surface area contributed by atoms with Crippen molar-refractivity contribution in [3.63, 3.8) is 0 Å². The number of imidazole rings is 1. The van der Waals surface area contributed by atoms with Gasteiger partial charge < -0.3 is 5.73 Å². The van der Waals surface area contributed by atoms with E-state index in [1.807, 2.05) is 12.3 Å². The third-order valence-electron chi connectivity index (χ3n) is 4.28. The number of hydrogen-bond donors (Lipinski definition) is 1. The van der Waals surface area contributed by atoms with Crippen molar-refractivity contribution < 1.29 is 0 Å². The summed E-state index contributed by atoms with van der Waals surface area (Å²) in [5.74, 6) is 1.94. The molecule has 0 amide bonds. The van der Waals surface area contributed by atoms with Gasteiger partial charge in [0.15, 0.2) is 5.65 Å². The Kier molecular flexibility index (Phi) is 2.81. The lowest BCUT2D eigenvalue weighted by atomic mass is 9.98. The molecule has 5 heteroatoms. The summed E-state index contributed by atoms with van der Waals surface area (Å²) in [6.45, 7) is 4.61. The van der Waals surface area contributed by atoms with Crippen molar-refractivity contribution in [3.8, 4) is 0 Å². The van der Waals surface area contributed by atoms with Crippen LogP contribution in [0.2, 0.25) is 0 Å². The molecule has 2 aromatic heterocycles. The van der Waals surface area contributed by atoms with Gasteiger partial charge in [-0.05, 0) is 46.7 Å². The average Bonchev–Trinajstić information content (AvgIpc) is 2.80. The van der Waals surface area contributed by atoms with Gasteiger partial charge in [-0.1, -0.05) is 13.8 Å². The van der Waals surface area contributed by atoms with Gasteiger partial charge in [0.1, 0.15) is 5.52 Å². The Hall–Kier alpha value is -1.10. The summed E-state index contributed by atoms with van der Waals surface area (Å²) in [6, 6.07) is 2.40. The number of pyridine rings is 1. The first-order valence-corrected chi connectivity index (χ1v) is 7.16. The Labute approximate surface area is 115 Å². The van der Waals surface area contributed by atoms with Crippen molar-refractivity contribution in [2.75, 3.05) is 5.73 Å². The van der Waals surface area contributed by atoms with E-state index in [1.54, 1.807) is 0 Å². The monoisotopic (exact) mass is 308 g/mol. The standard InChI is InChI=1S/C13H17BrN4/c1-7-3-4-11(8(7)2)18-12-10(17-13(18)15)5-9(14)6-16-12/h5-8,11H,3-4H2,1-2H3,(H2,15,17). The fourth-order valence-corrected chi connectivity index (χ4v) is 3.32. The van der Waals surface area contributed by atoms with Crippen LogP contribution in [0.4, 0.5) is 5.95 Å². The quantitative estimate of drug-likeness (QED) is 0.878. The average molecular weight is 309 g/mol. The van der Waals surface area contributed by atoms with Crippen LogP contribution in [0, 0.1) is 11.8 Å². The zero-order valence-corrected chi connectivity index (χ0v) is 12.2. The second-order valence-electron chi connectivity index (χ2n) is 5.32. The Morgan fingerprint density at radius 3 is 2.83 bits per heavy atom. The van der Waals surface area contributed by atoms with Gasteiger partial charge in [0.2, 0.25) is 5.95 Å². The molecule has 4 nitrogen and oxygen atoms in total. The molecule has 18 heavy (non-hydrogen) atoms. The normalized spacial score (nSPS) is 28.1. The summed E-state index contributed by atoms with van der Waals surface area (Å²) in [7, 11) is 0. The van der Waals surface area contributed by atoms with Crippen molar-refractivity contribution in [2.45, 2.75) is 32.7 Å². The number of fused-ring (bicyclic) bond motifs is 1. The van der Waals surface area contributed by atoms with Crippen LogP contribution in [-0.4, -0.2) is 14.5 Å². The van der Waals surface area contributed by atoms with E-state index in [0.717, 1.165) is 28.0 Å². The van der Waals surface area contributed by atoms with E-state index in [9.17, 15) is 0 Å². The topological polar surface area (TPSA) is 56.7 Å². The zero-order chi connectivity index (χ0) is 12.9. The van der Waals surface area contributed by atoms with Crippen LogP contribution in [0.25, 0.3) is 11.2 Å². The number of halogens is 1. The summed E-state index contributed by atoms with van der Waals surface area (Å²) in [4.78, 5) is 8.91. The van der Waals surface area contributed by atoms with E-state index in [0.29, 0.717) is 17.9 Å². The smallest absolute Gasteiger partial charge is 0.202 e. The number of nitrogens with two attached hydrogens (primary N) is 1. The molecule has 3 unspecified atom stereocenters. The fourth-order valence-electron chi connectivity index (χ4n) is 3.00. The van der Waals surface area contributed by atoms with Crippen LogP contribution in [0.3, 0.4) is 0 Å². The molecule has 2 N–H and O–H groups in total. The molecule has 96 valence electrons. The second-order valence-corrected chi connectivity index (χ2v) is 6.23. The van der Waals surface area contributed by atoms with Gasteiger partial charge in [0, 0.05) is 16.7 Å². The largest absolute Gasteiger partial charge is 0.369 e. The molecule has 3 atom stereocenters.